The molecular formula is C44H45ClN8O6. The predicted octanol–water partition coefficient (Wildman–Crippen LogP) is 3.80. The van der Waals surface area contributed by atoms with Crippen LogP contribution in [0, 0.1) is 16.7 Å². The van der Waals surface area contributed by atoms with Crippen molar-refractivity contribution < 1.29 is 28.8 Å². The molecule has 4 fully saturated rings. The van der Waals surface area contributed by atoms with Crippen LogP contribution in [0.15, 0.2) is 54.6 Å². The number of hydrogen-bond acceptors (Lipinski definition) is 10. The molecule has 0 radical (unpaired) electrons. The molecule has 0 bridgehead atoms. The number of rotatable bonds is 6. The zero-order valence-electron chi connectivity index (χ0n) is 32.9. The smallest absolute Gasteiger partial charge is 0.262 e. The van der Waals surface area contributed by atoms with Crippen LogP contribution in [0.25, 0.3) is 0 Å². The van der Waals surface area contributed by atoms with Crippen molar-refractivity contribution in [1.29, 1.82) is 5.26 Å². The van der Waals surface area contributed by atoms with Crippen molar-refractivity contribution >= 4 is 58.4 Å². The molecule has 0 aromatic heterocycles. The molecule has 1 spiro atoms. The lowest BCUT2D eigenvalue weighted by Gasteiger charge is -2.40. The third-order valence-corrected chi connectivity index (χ3v) is 13.6. The van der Waals surface area contributed by atoms with Crippen LogP contribution in [0.2, 0.25) is 5.02 Å². The highest BCUT2D eigenvalue weighted by Crippen LogP contribution is 2.46. The summed E-state index contributed by atoms with van der Waals surface area (Å²) in [6.45, 7) is 7.88. The van der Waals surface area contributed by atoms with E-state index in [2.05, 4.69) is 28.1 Å². The summed E-state index contributed by atoms with van der Waals surface area (Å²) >= 11 is 6.37. The Morgan fingerprint density at radius 3 is 2.08 bits per heavy atom. The van der Waals surface area contributed by atoms with Crippen LogP contribution < -0.4 is 15.1 Å². The Kier molecular flexibility index (Phi) is 9.92. The second kappa shape index (κ2) is 15.1. The molecule has 0 saturated carbocycles. The molecule has 1 N–H and O–H groups in total. The molecule has 304 valence electrons. The van der Waals surface area contributed by atoms with Gasteiger partial charge in [0.25, 0.3) is 17.7 Å². The van der Waals surface area contributed by atoms with E-state index in [9.17, 15) is 34.0 Å². The summed E-state index contributed by atoms with van der Waals surface area (Å²) in [6, 6.07) is 18.5. The van der Waals surface area contributed by atoms with E-state index in [1.165, 1.54) is 0 Å². The first-order chi connectivity index (χ1) is 28.4. The van der Waals surface area contributed by atoms with Crippen molar-refractivity contribution in [2.45, 2.75) is 64.2 Å². The number of piperazine rings is 1. The van der Waals surface area contributed by atoms with Gasteiger partial charge in [-0.15, -0.1) is 0 Å². The number of nitrogens with one attached hydrogen (secondary N) is 1. The molecular weight excluding hydrogens is 772 g/mol. The van der Waals surface area contributed by atoms with E-state index in [1.54, 1.807) is 28.0 Å². The Bertz CT molecular complexity index is 2280. The fraction of sp³-hybridized carbons (Fsp3) is 0.432. The minimum Gasteiger partial charge on any atom is -0.371 e. The van der Waals surface area contributed by atoms with E-state index in [4.69, 9.17) is 11.6 Å². The number of fused-ring (bicyclic) bond motifs is 2. The average Bonchev–Trinajstić information content (AvgIpc) is 3.86. The number of nitrogens with zero attached hydrogens (tertiary/aromatic N) is 7. The van der Waals surface area contributed by atoms with Gasteiger partial charge in [0.15, 0.2) is 0 Å². The first-order valence-electron chi connectivity index (χ1n) is 20.4. The minimum atomic E-state index is -1.02. The van der Waals surface area contributed by atoms with Crippen molar-refractivity contribution in [2.75, 3.05) is 62.2 Å². The summed E-state index contributed by atoms with van der Waals surface area (Å²) in [7, 11) is 0. The Morgan fingerprint density at radius 1 is 0.847 bits per heavy atom. The van der Waals surface area contributed by atoms with Gasteiger partial charge in [-0.1, -0.05) is 11.6 Å². The van der Waals surface area contributed by atoms with Crippen LogP contribution in [0.4, 0.5) is 11.4 Å². The standard InChI is InChI=1S/C44H45ClN8O6/c1-27-21-44(26-52(27)33-7-4-29(22-46)36(45)20-33)10-12-49(13-11-44)32-5-2-28(3-6-32)41(57)51-16-14-50(15-17-51)39(55)25-48-23-30-18-34-35(19-31(30)24-48)43(59)53(42(34)58)37-8-9-38(54)47-40(37)56/h2-7,18-20,27,37H,8-17,21,23-26H2,1H3,(H,47,54,56). The van der Waals surface area contributed by atoms with Crippen molar-refractivity contribution in [2.24, 2.45) is 5.41 Å². The third kappa shape index (κ3) is 7.10. The van der Waals surface area contributed by atoms with Crippen LogP contribution in [-0.2, 0) is 27.5 Å². The molecule has 6 aliphatic rings. The largest absolute Gasteiger partial charge is 0.371 e. The maximum atomic E-state index is 13.5. The van der Waals surface area contributed by atoms with Gasteiger partial charge in [-0.25, -0.2) is 0 Å². The number of imide groups is 2. The van der Waals surface area contributed by atoms with E-state index >= 15 is 0 Å². The van der Waals surface area contributed by atoms with Crippen molar-refractivity contribution in [3.8, 4) is 6.07 Å². The van der Waals surface area contributed by atoms with E-state index in [1.807, 2.05) is 41.3 Å². The molecule has 4 saturated heterocycles. The van der Waals surface area contributed by atoms with Gasteiger partial charge in [-0.05, 0) is 104 Å². The third-order valence-electron chi connectivity index (χ3n) is 13.3. The second-order valence-electron chi connectivity index (χ2n) is 16.9. The number of amides is 6. The molecule has 14 nitrogen and oxygen atoms in total. The molecule has 2 unspecified atom stereocenters. The van der Waals surface area contributed by atoms with E-state index in [0.29, 0.717) is 61.5 Å². The van der Waals surface area contributed by atoms with Gasteiger partial charge in [-0.2, -0.15) is 5.26 Å². The predicted molar refractivity (Wildman–Crippen MR) is 218 cm³/mol. The Morgan fingerprint density at radius 2 is 1.47 bits per heavy atom. The molecule has 0 aliphatic carbocycles. The molecule has 6 amide bonds. The number of hydrogen-bond donors (Lipinski definition) is 1. The minimum absolute atomic E-state index is 0.0419. The topological polar surface area (TPSA) is 158 Å². The van der Waals surface area contributed by atoms with Gasteiger partial charge in [-0.3, -0.25) is 43.9 Å². The van der Waals surface area contributed by atoms with Gasteiger partial charge < -0.3 is 19.6 Å². The fourth-order valence-electron chi connectivity index (χ4n) is 10.0. The molecule has 15 heteroatoms. The van der Waals surface area contributed by atoms with Gasteiger partial charge in [0.1, 0.15) is 12.1 Å². The number of benzene rings is 3. The first-order valence-corrected chi connectivity index (χ1v) is 20.8. The number of carbonyl (C=O) groups is 6. The fourth-order valence-corrected chi connectivity index (χ4v) is 10.3. The summed E-state index contributed by atoms with van der Waals surface area (Å²) < 4.78 is 0. The Balaban J connectivity index is 0.739. The lowest BCUT2D eigenvalue weighted by molar-refractivity contribution is -0.136. The summed E-state index contributed by atoms with van der Waals surface area (Å²) in [5.74, 6) is -2.24. The monoisotopic (exact) mass is 816 g/mol. The van der Waals surface area contributed by atoms with Crippen molar-refractivity contribution in [3.63, 3.8) is 0 Å². The van der Waals surface area contributed by atoms with Gasteiger partial charge in [0.2, 0.25) is 17.7 Å². The second-order valence-corrected chi connectivity index (χ2v) is 17.3. The number of halogens is 1. The lowest BCUT2D eigenvalue weighted by atomic mass is 9.76. The Hall–Kier alpha value is -5.78. The lowest BCUT2D eigenvalue weighted by Crippen LogP contribution is -2.54. The highest BCUT2D eigenvalue weighted by Gasteiger charge is 2.46. The number of piperidine rings is 2. The first kappa shape index (κ1) is 38.7. The number of carbonyl (C=O) groups excluding carboxylic acids is 6. The van der Waals surface area contributed by atoms with Crippen molar-refractivity contribution in [1.82, 2.24) is 24.9 Å². The molecule has 3 aromatic rings. The van der Waals surface area contributed by atoms with E-state index in [-0.39, 0.29) is 47.7 Å². The SMILES string of the molecule is CC1CC2(CCN(c3ccc(C(=O)N4CCN(C(=O)CN5Cc6cc7c(cc6C5)C(=O)N(C5CCC(=O)NC5=O)C7=O)CC4)cc3)CC2)CN1c1ccc(C#N)c(Cl)c1. The number of nitriles is 1. The van der Waals surface area contributed by atoms with Crippen LogP contribution in [0.5, 0.6) is 0 Å². The normalized spacial score (nSPS) is 22.8. The highest BCUT2D eigenvalue weighted by atomic mass is 35.5. The average molecular weight is 817 g/mol. The number of anilines is 2. The molecule has 3 aromatic carbocycles. The summed E-state index contributed by atoms with van der Waals surface area (Å²) in [4.78, 5) is 88.9. The molecule has 2 atom stereocenters. The van der Waals surface area contributed by atoms with Crippen LogP contribution in [0.3, 0.4) is 0 Å². The van der Waals surface area contributed by atoms with Gasteiger partial charge >= 0.3 is 0 Å². The molecule has 59 heavy (non-hydrogen) atoms. The van der Waals surface area contributed by atoms with Gasteiger partial charge in [0, 0.05) is 88.3 Å². The zero-order valence-corrected chi connectivity index (χ0v) is 33.7. The zero-order chi connectivity index (χ0) is 41.2. The Labute approximate surface area is 347 Å². The van der Waals surface area contributed by atoms with Crippen LogP contribution in [-0.4, -0.2) is 119 Å². The maximum Gasteiger partial charge on any atom is 0.262 e. The summed E-state index contributed by atoms with van der Waals surface area (Å²) in [5.41, 5.74) is 5.71. The quantitative estimate of drug-likeness (QED) is 0.363. The van der Waals surface area contributed by atoms with Crippen molar-refractivity contribution in [3.05, 3.63) is 93.0 Å². The highest BCUT2D eigenvalue weighted by molar-refractivity contribution is 6.32. The molecule has 6 aliphatic heterocycles. The summed E-state index contributed by atoms with van der Waals surface area (Å²) in [6.07, 6.45) is 3.42. The molecule has 6 heterocycles. The van der Waals surface area contributed by atoms with Gasteiger partial charge in [0.05, 0.1) is 28.3 Å². The molecule has 9 rings (SSSR count). The van der Waals surface area contributed by atoms with E-state index in [0.717, 1.165) is 66.3 Å². The van der Waals surface area contributed by atoms with Crippen LogP contribution >= 0.6 is 11.6 Å². The van der Waals surface area contributed by atoms with Crippen LogP contribution in [0.1, 0.15) is 86.8 Å². The summed E-state index contributed by atoms with van der Waals surface area (Å²) in [5, 5.41) is 12.0. The maximum absolute atomic E-state index is 13.5. The van der Waals surface area contributed by atoms with E-state index < -0.39 is 29.7 Å².